The van der Waals surface area contributed by atoms with E-state index in [9.17, 15) is 27.9 Å². The van der Waals surface area contributed by atoms with Gasteiger partial charge in [-0.25, -0.2) is 9.78 Å². The molecule has 5 atom stereocenters. The van der Waals surface area contributed by atoms with Crippen LogP contribution in [0.15, 0.2) is 95.5 Å². The summed E-state index contributed by atoms with van der Waals surface area (Å²) in [6.07, 6.45) is 1.12. The van der Waals surface area contributed by atoms with Crippen molar-refractivity contribution in [1.29, 1.82) is 0 Å². The number of hydrogen-bond acceptors (Lipinski definition) is 9. The number of alkyl halides is 3. The molecule has 0 bridgehead atoms. The molecule has 5 rings (SSSR count). The second kappa shape index (κ2) is 18.1. The van der Waals surface area contributed by atoms with Crippen molar-refractivity contribution < 1.29 is 37.3 Å². The third kappa shape index (κ3) is 9.78. The van der Waals surface area contributed by atoms with Gasteiger partial charge in [0.05, 0.1) is 30.2 Å². The number of benzene rings is 3. The smallest absolute Gasteiger partial charge is 0.422 e. The number of nitrogens with one attached hydrogen (secondary N) is 3. The predicted molar refractivity (Wildman–Crippen MR) is 200 cm³/mol. The second-order valence-corrected chi connectivity index (χ2v) is 14.8. The van der Waals surface area contributed by atoms with E-state index in [4.69, 9.17) is 15.9 Å². The molecule has 1 aliphatic rings. The fourth-order valence-electron chi connectivity index (χ4n) is 6.19. The maximum atomic E-state index is 14.1. The van der Waals surface area contributed by atoms with Crippen LogP contribution in [-0.4, -0.2) is 72.0 Å². The van der Waals surface area contributed by atoms with Crippen LogP contribution >= 0.6 is 23.1 Å². The zero-order valence-electron chi connectivity index (χ0n) is 29.1. The summed E-state index contributed by atoms with van der Waals surface area (Å²) in [5.41, 5.74) is 0.145. The van der Waals surface area contributed by atoms with Crippen LogP contribution in [-0.2, 0) is 26.3 Å². The number of methoxy groups -OCH3 is 1. The van der Waals surface area contributed by atoms with E-state index in [0.29, 0.717) is 35.2 Å². The maximum Gasteiger partial charge on any atom is 0.422 e. The summed E-state index contributed by atoms with van der Waals surface area (Å²) in [5, 5.41) is 19.4. The molecule has 0 radical (unpaired) electrons. The second-order valence-electron chi connectivity index (χ2n) is 12.5. The lowest BCUT2D eigenvalue weighted by molar-refractivity contribution is -0.266. The lowest BCUT2D eigenvalue weighted by Crippen LogP contribution is -2.52. The first-order chi connectivity index (χ1) is 25.5. The van der Waals surface area contributed by atoms with Gasteiger partial charge in [0.25, 0.3) is 0 Å². The number of morpholine rings is 1. The molecule has 4 aromatic rings. The van der Waals surface area contributed by atoms with Crippen molar-refractivity contribution in [3.63, 3.8) is 0 Å². The van der Waals surface area contributed by atoms with Gasteiger partial charge >= 0.3 is 12.3 Å². The first-order valence-corrected chi connectivity index (χ1v) is 18.8. The molecule has 5 unspecified atom stereocenters. The molecule has 0 spiro atoms. The summed E-state index contributed by atoms with van der Waals surface area (Å²) in [6.45, 7) is 1.75. The molecule has 1 aliphatic heterocycles. The maximum absolute atomic E-state index is 14.1. The van der Waals surface area contributed by atoms with E-state index in [1.807, 2.05) is 78.9 Å². The minimum atomic E-state index is -4.83. The van der Waals surface area contributed by atoms with E-state index in [2.05, 4.69) is 26.9 Å². The van der Waals surface area contributed by atoms with Crippen molar-refractivity contribution in [2.45, 2.75) is 72.5 Å². The number of amides is 2. The van der Waals surface area contributed by atoms with Gasteiger partial charge in [-0.1, -0.05) is 103 Å². The van der Waals surface area contributed by atoms with Crippen LogP contribution in [0.3, 0.4) is 0 Å². The molecule has 14 heteroatoms. The first-order valence-electron chi connectivity index (χ1n) is 17.0. The Morgan fingerprint density at radius 2 is 1.74 bits per heavy atom. The van der Waals surface area contributed by atoms with Gasteiger partial charge in [0.15, 0.2) is 5.60 Å². The Balaban J connectivity index is 1.27. The highest BCUT2D eigenvalue weighted by Gasteiger charge is 2.54. The molecule has 53 heavy (non-hydrogen) atoms. The van der Waals surface area contributed by atoms with Gasteiger partial charge in [-0.05, 0) is 42.0 Å². The van der Waals surface area contributed by atoms with E-state index >= 15 is 0 Å². The number of anilines is 1. The molecule has 2 heterocycles. The van der Waals surface area contributed by atoms with Crippen molar-refractivity contribution in [2.75, 3.05) is 24.7 Å². The van der Waals surface area contributed by atoms with E-state index in [1.54, 1.807) is 6.07 Å². The van der Waals surface area contributed by atoms with E-state index in [1.165, 1.54) is 25.8 Å². The van der Waals surface area contributed by atoms with Crippen LogP contribution in [0.4, 0.5) is 23.7 Å². The number of hydrogen-bond donors (Lipinski definition) is 4. The number of halogens is 3. The normalized spacial score (nSPS) is 19.1. The molecule has 9 nitrogen and oxygen atoms in total. The van der Waals surface area contributed by atoms with Gasteiger partial charge in [-0.2, -0.15) is 13.2 Å². The average molecular weight is 767 g/mol. The monoisotopic (exact) mass is 766 g/mol. The van der Waals surface area contributed by atoms with Crippen molar-refractivity contribution >= 4 is 40.8 Å². The van der Waals surface area contributed by atoms with Gasteiger partial charge in [-0.15, -0.1) is 17.8 Å². The molecule has 0 aliphatic carbocycles. The Morgan fingerprint density at radius 1 is 1.09 bits per heavy atom. The zero-order valence-corrected chi connectivity index (χ0v) is 30.8. The van der Waals surface area contributed by atoms with E-state index in [0.717, 1.165) is 34.2 Å². The Kier molecular flexibility index (Phi) is 13.6. The minimum absolute atomic E-state index is 0.259. The molecule has 3 aromatic carbocycles. The fourth-order valence-corrected chi connectivity index (χ4v) is 8.43. The summed E-state index contributed by atoms with van der Waals surface area (Å²) >= 11 is 2.02. The first kappa shape index (κ1) is 39.8. The topological polar surface area (TPSA) is 122 Å². The molecule has 1 saturated heterocycles. The molecule has 280 valence electrons. The zero-order chi connectivity index (χ0) is 38.0. The van der Waals surface area contributed by atoms with Crippen molar-refractivity contribution in [3.05, 3.63) is 113 Å². The summed E-state index contributed by atoms with van der Waals surface area (Å²) in [5.74, 6) is 2.07. The number of carbonyl (C=O) groups excluding carboxylic acids is 2. The van der Waals surface area contributed by atoms with E-state index in [-0.39, 0.29) is 11.0 Å². The van der Waals surface area contributed by atoms with Crippen LogP contribution in [0.5, 0.6) is 0 Å². The number of carbonyl (C=O) groups is 2. The largest absolute Gasteiger partial charge is 0.453 e. The highest BCUT2D eigenvalue weighted by atomic mass is 32.2. The molecular weight excluding hydrogens is 726 g/mol. The number of alkyl carbamates (subject to hydrolysis) is 1. The lowest BCUT2D eigenvalue weighted by atomic mass is 9.84. The molecule has 0 saturated carbocycles. The highest BCUT2D eigenvalue weighted by Crippen LogP contribution is 2.45. The quantitative estimate of drug-likeness (QED) is 0.0810. The van der Waals surface area contributed by atoms with Crippen LogP contribution in [0.25, 0.3) is 0 Å². The third-order valence-corrected chi connectivity index (χ3v) is 11.5. The Bertz CT molecular complexity index is 1820. The Hall–Kier alpha value is -4.39. The number of terminal acetylenes is 1. The molecule has 1 fully saturated rings. The summed E-state index contributed by atoms with van der Waals surface area (Å²) in [7, 11) is 1.25. The van der Waals surface area contributed by atoms with Gasteiger partial charge < -0.3 is 25.2 Å². The summed E-state index contributed by atoms with van der Waals surface area (Å²) in [4.78, 5) is 30.5. The predicted octanol–water partition coefficient (Wildman–Crippen LogP) is 6.88. The van der Waals surface area contributed by atoms with Crippen LogP contribution in [0.1, 0.15) is 47.3 Å². The molecular formula is C39H41F3N4O5S2. The van der Waals surface area contributed by atoms with Crippen molar-refractivity contribution in [1.82, 2.24) is 15.6 Å². The van der Waals surface area contributed by atoms with Gasteiger partial charge in [0.1, 0.15) is 10.4 Å². The van der Waals surface area contributed by atoms with Crippen LogP contribution in [0.2, 0.25) is 0 Å². The molecule has 2 amide bonds. The molecule has 4 N–H and O–H groups in total. The fraction of sp³-hybridized carbons (Fsp3) is 0.359. The number of thioether (sulfide) groups is 1. The van der Waals surface area contributed by atoms with Crippen molar-refractivity contribution in [2.24, 2.45) is 0 Å². The number of aromatic nitrogens is 1. The number of aryl methyl sites for hydroxylation is 1. The minimum Gasteiger partial charge on any atom is -0.453 e. The van der Waals surface area contributed by atoms with Gasteiger partial charge in [0.2, 0.25) is 5.91 Å². The number of aliphatic hydroxyl groups is 1. The summed E-state index contributed by atoms with van der Waals surface area (Å²) < 4.78 is 52.4. The van der Waals surface area contributed by atoms with Gasteiger partial charge in [0, 0.05) is 30.1 Å². The highest BCUT2D eigenvalue weighted by molar-refractivity contribution is 8.01. The third-order valence-electron chi connectivity index (χ3n) is 9.13. The lowest BCUT2D eigenvalue weighted by Gasteiger charge is -2.35. The number of ether oxygens (including phenoxy) is 2. The SMILES string of the molecule is C#CC1NCC(CCc2ccccc2NC(=O)C(NC(=O)OC)C(c2ccccc2)c2ccccc2)OC1CSc1ncc(C(O)(CC)C(F)(F)F)s1. The number of para-hydroxylation sites is 1. The van der Waals surface area contributed by atoms with Crippen LogP contribution in [0, 0.1) is 12.3 Å². The van der Waals surface area contributed by atoms with Crippen molar-refractivity contribution in [3.8, 4) is 12.3 Å². The average Bonchev–Trinajstić information content (AvgIpc) is 3.66. The standard InChI is InChI=1S/C39H41F3N4O5S2/c1-4-29-31(24-52-37-44-23-32(53-37)38(49,5-2)39(40,41)42)51-28(22-43-29)21-20-25-14-12-13-19-30(25)45-35(47)34(46-36(48)50-3)33(26-15-8-6-9-16-26)27-17-10-7-11-18-27/h1,6-19,23,28-29,31,33-34,43,49H,5,20-22,24H2,2-3H3,(H,45,47)(H,46,48). The van der Waals surface area contributed by atoms with Gasteiger partial charge in [-0.3, -0.25) is 10.1 Å². The number of thiazole rings is 1. The Labute approximate surface area is 315 Å². The Morgan fingerprint density at radius 3 is 2.34 bits per heavy atom. The number of nitrogens with zero attached hydrogens (tertiary/aromatic N) is 1. The molecule has 1 aromatic heterocycles. The number of rotatable bonds is 14. The van der Waals surface area contributed by atoms with E-state index < -0.39 is 54.3 Å². The summed E-state index contributed by atoms with van der Waals surface area (Å²) in [6, 6.07) is 24.9. The van der Waals surface area contributed by atoms with Crippen LogP contribution < -0.4 is 16.0 Å².